The highest BCUT2D eigenvalue weighted by molar-refractivity contribution is 6.33. The Hall–Kier alpha value is -0.910. The van der Waals surface area contributed by atoms with Crippen LogP contribution in [0.5, 0.6) is 0 Å². The summed E-state index contributed by atoms with van der Waals surface area (Å²) in [5.41, 5.74) is 0. The molecule has 0 bridgehead atoms. The Labute approximate surface area is 136 Å². The van der Waals surface area contributed by atoms with Crippen molar-refractivity contribution in [3.63, 3.8) is 0 Å². The third-order valence-electron chi connectivity index (χ3n) is 2.81. The highest BCUT2D eigenvalue weighted by Gasteiger charge is 2.18. The van der Waals surface area contributed by atoms with Gasteiger partial charge in [0.05, 0.1) is 0 Å². The SMILES string of the molecule is CC.CO.O=C(NC1CCCCC1)c1nc(Cl)cc(Cl)n1. The van der Waals surface area contributed by atoms with E-state index in [-0.39, 0.29) is 28.1 Å². The molecular formula is C14H23Cl2N3O2. The summed E-state index contributed by atoms with van der Waals surface area (Å²) in [5.74, 6) is -0.269. The predicted molar refractivity (Wildman–Crippen MR) is 85.9 cm³/mol. The molecule has 0 radical (unpaired) electrons. The second-order valence-corrected chi connectivity index (χ2v) is 4.92. The maximum atomic E-state index is 11.9. The minimum atomic E-state index is -0.304. The zero-order valence-electron chi connectivity index (χ0n) is 12.7. The largest absolute Gasteiger partial charge is 0.400 e. The maximum absolute atomic E-state index is 11.9. The molecule has 120 valence electrons. The van der Waals surface area contributed by atoms with E-state index in [0.717, 1.165) is 32.8 Å². The van der Waals surface area contributed by atoms with Crippen molar-refractivity contribution in [1.82, 2.24) is 15.3 Å². The summed E-state index contributed by atoms with van der Waals surface area (Å²) in [5, 5.41) is 10.3. The molecule has 0 aliphatic heterocycles. The summed E-state index contributed by atoms with van der Waals surface area (Å²) in [7, 11) is 1.00. The third kappa shape index (κ3) is 7.60. The van der Waals surface area contributed by atoms with Crippen molar-refractivity contribution in [1.29, 1.82) is 0 Å². The first-order chi connectivity index (χ1) is 10.1. The molecule has 2 rings (SSSR count). The summed E-state index contributed by atoms with van der Waals surface area (Å²) in [6.45, 7) is 4.00. The van der Waals surface area contributed by atoms with Gasteiger partial charge in [-0.3, -0.25) is 4.79 Å². The van der Waals surface area contributed by atoms with Crippen molar-refractivity contribution in [3.8, 4) is 0 Å². The maximum Gasteiger partial charge on any atom is 0.289 e. The van der Waals surface area contributed by atoms with E-state index in [1.165, 1.54) is 12.5 Å². The first kappa shape index (κ1) is 20.1. The summed E-state index contributed by atoms with van der Waals surface area (Å²) in [6.07, 6.45) is 5.58. The predicted octanol–water partition coefficient (Wildman–Crippen LogP) is 3.48. The average Bonchev–Trinajstić information content (AvgIpc) is 2.51. The number of nitrogens with zero attached hydrogens (tertiary/aromatic N) is 2. The van der Waals surface area contributed by atoms with Gasteiger partial charge in [0.1, 0.15) is 10.3 Å². The van der Waals surface area contributed by atoms with Crippen LogP contribution in [0.3, 0.4) is 0 Å². The lowest BCUT2D eigenvalue weighted by Gasteiger charge is -2.22. The Morgan fingerprint density at radius 1 is 1.14 bits per heavy atom. The van der Waals surface area contributed by atoms with Crippen LogP contribution >= 0.6 is 23.2 Å². The Morgan fingerprint density at radius 3 is 2.10 bits per heavy atom. The summed E-state index contributed by atoms with van der Waals surface area (Å²) < 4.78 is 0. The number of amides is 1. The topological polar surface area (TPSA) is 75.1 Å². The molecule has 1 aromatic rings. The van der Waals surface area contributed by atoms with Gasteiger partial charge in [-0.1, -0.05) is 56.3 Å². The number of hydrogen-bond donors (Lipinski definition) is 2. The van der Waals surface area contributed by atoms with Gasteiger partial charge in [-0.25, -0.2) is 9.97 Å². The third-order valence-corrected chi connectivity index (χ3v) is 3.19. The van der Waals surface area contributed by atoms with Crippen LogP contribution in [-0.4, -0.2) is 34.1 Å². The van der Waals surface area contributed by atoms with Gasteiger partial charge in [0, 0.05) is 19.2 Å². The van der Waals surface area contributed by atoms with Crippen molar-refractivity contribution in [2.75, 3.05) is 7.11 Å². The van der Waals surface area contributed by atoms with E-state index in [0.29, 0.717) is 0 Å². The van der Waals surface area contributed by atoms with E-state index in [1.54, 1.807) is 0 Å². The number of aliphatic hydroxyl groups is 1. The quantitative estimate of drug-likeness (QED) is 0.811. The summed E-state index contributed by atoms with van der Waals surface area (Å²) in [6, 6.07) is 1.62. The second kappa shape index (κ2) is 11.7. The standard InChI is InChI=1S/C11H13Cl2N3O.C2H6.CH4O/c12-8-6-9(13)16-10(15-8)11(17)14-7-4-2-1-3-5-7;2*1-2/h6-7H,1-5H2,(H,14,17);1-2H3;2H,1H3. The first-order valence-corrected chi connectivity index (χ1v) is 7.86. The van der Waals surface area contributed by atoms with Crippen molar-refractivity contribution in [2.45, 2.75) is 52.0 Å². The number of aliphatic hydroxyl groups excluding tert-OH is 1. The lowest BCUT2D eigenvalue weighted by molar-refractivity contribution is 0.0917. The molecule has 1 fully saturated rings. The van der Waals surface area contributed by atoms with Crippen molar-refractivity contribution >= 4 is 29.1 Å². The van der Waals surface area contributed by atoms with E-state index in [2.05, 4.69) is 15.3 Å². The van der Waals surface area contributed by atoms with Gasteiger partial charge in [0.15, 0.2) is 0 Å². The molecule has 1 aliphatic rings. The number of nitrogens with one attached hydrogen (secondary N) is 1. The van der Waals surface area contributed by atoms with E-state index in [4.69, 9.17) is 28.3 Å². The smallest absolute Gasteiger partial charge is 0.289 e. The number of hydrogen-bond acceptors (Lipinski definition) is 4. The molecule has 1 aliphatic carbocycles. The number of carbonyl (C=O) groups excluding carboxylic acids is 1. The van der Waals surface area contributed by atoms with Gasteiger partial charge in [0.25, 0.3) is 5.91 Å². The van der Waals surface area contributed by atoms with Gasteiger partial charge in [-0.05, 0) is 12.8 Å². The van der Waals surface area contributed by atoms with E-state index in [9.17, 15) is 4.79 Å². The van der Waals surface area contributed by atoms with E-state index >= 15 is 0 Å². The van der Waals surface area contributed by atoms with Gasteiger partial charge < -0.3 is 10.4 Å². The van der Waals surface area contributed by atoms with Crippen LogP contribution in [0.2, 0.25) is 10.3 Å². The minimum absolute atomic E-state index is 0.0353. The van der Waals surface area contributed by atoms with Crippen molar-refractivity contribution in [2.24, 2.45) is 0 Å². The zero-order chi connectivity index (χ0) is 16.3. The Morgan fingerprint density at radius 2 is 1.62 bits per heavy atom. The minimum Gasteiger partial charge on any atom is -0.400 e. The zero-order valence-corrected chi connectivity index (χ0v) is 14.2. The summed E-state index contributed by atoms with van der Waals surface area (Å²) in [4.78, 5) is 19.6. The first-order valence-electron chi connectivity index (χ1n) is 7.11. The van der Waals surface area contributed by atoms with Crippen LogP contribution in [0.1, 0.15) is 56.6 Å². The second-order valence-electron chi connectivity index (χ2n) is 4.15. The van der Waals surface area contributed by atoms with Crippen molar-refractivity contribution in [3.05, 3.63) is 22.2 Å². The van der Waals surface area contributed by atoms with Crippen molar-refractivity contribution < 1.29 is 9.90 Å². The molecule has 2 N–H and O–H groups in total. The van der Waals surface area contributed by atoms with Gasteiger partial charge in [-0.2, -0.15) is 0 Å². The van der Waals surface area contributed by atoms with Gasteiger partial charge in [-0.15, -0.1) is 0 Å². The van der Waals surface area contributed by atoms with Crippen LogP contribution in [0, 0.1) is 0 Å². The van der Waals surface area contributed by atoms with E-state index in [1.807, 2.05) is 13.8 Å². The molecule has 1 amide bonds. The van der Waals surface area contributed by atoms with Crippen LogP contribution in [0.15, 0.2) is 6.07 Å². The lowest BCUT2D eigenvalue weighted by Crippen LogP contribution is -2.37. The molecule has 1 saturated carbocycles. The number of carbonyl (C=O) groups is 1. The fraction of sp³-hybridized carbons (Fsp3) is 0.643. The number of aromatic nitrogens is 2. The fourth-order valence-electron chi connectivity index (χ4n) is 1.99. The molecule has 1 heterocycles. The number of halogens is 2. The molecule has 0 unspecified atom stereocenters. The lowest BCUT2D eigenvalue weighted by atomic mass is 9.95. The molecular weight excluding hydrogens is 313 g/mol. The molecule has 7 heteroatoms. The molecule has 5 nitrogen and oxygen atoms in total. The van der Waals surface area contributed by atoms with Crippen LogP contribution in [0.4, 0.5) is 0 Å². The molecule has 0 atom stereocenters. The Balaban J connectivity index is 0.000000921. The van der Waals surface area contributed by atoms with Crippen LogP contribution in [-0.2, 0) is 0 Å². The molecule has 1 aromatic heterocycles. The normalized spacial score (nSPS) is 14.2. The fourth-order valence-corrected chi connectivity index (χ4v) is 2.41. The van der Waals surface area contributed by atoms with Gasteiger partial charge in [0.2, 0.25) is 5.82 Å². The highest BCUT2D eigenvalue weighted by atomic mass is 35.5. The molecule has 0 spiro atoms. The van der Waals surface area contributed by atoms with Crippen LogP contribution in [0.25, 0.3) is 0 Å². The Bertz CT molecular complexity index is 404. The highest BCUT2D eigenvalue weighted by Crippen LogP contribution is 2.18. The average molecular weight is 336 g/mol. The Kier molecular flexibility index (Phi) is 11.2. The van der Waals surface area contributed by atoms with Crippen LogP contribution < -0.4 is 5.32 Å². The van der Waals surface area contributed by atoms with E-state index < -0.39 is 0 Å². The molecule has 0 saturated heterocycles. The monoisotopic (exact) mass is 335 g/mol. The molecule has 0 aromatic carbocycles. The number of rotatable bonds is 2. The van der Waals surface area contributed by atoms with Gasteiger partial charge >= 0.3 is 0 Å². The summed E-state index contributed by atoms with van der Waals surface area (Å²) >= 11 is 11.4. The molecule has 21 heavy (non-hydrogen) atoms.